The van der Waals surface area contributed by atoms with Gasteiger partial charge in [0.15, 0.2) is 0 Å². The monoisotopic (exact) mass is 340 g/mol. The van der Waals surface area contributed by atoms with Gasteiger partial charge in [0.2, 0.25) is 5.91 Å². The number of benzene rings is 1. The minimum Gasteiger partial charge on any atom is -0.360 e. The van der Waals surface area contributed by atoms with Crippen LogP contribution in [0, 0.1) is 5.82 Å². The van der Waals surface area contributed by atoms with Crippen LogP contribution >= 0.6 is 0 Å². The second-order valence-corrected chi connectivity index (χ2v) is 6.76. The number of carbonyl (C=O) groups is 1. The van der Waals surface area contributed by atoms with Crippen LogP contribution in [0.2, 0.25) is 0 Å². The van der Waals surface area contributed by atoms with E-state index in [-0.39, 0.29) is 11.7 Å². The molecule has 1 aliphatic heterocycles. The Morgan fingerprint density at radius 3 is 2.92 bits per heavy atom. The standard InChI is InChI=1S/C20H21FN2O2/c21-17-9-5-4-8-15(17)20-16-13-23(11-10-18(16)25-22-20)19(24)12-14-6-2-1-3-7-14/h4-6,8-9H,1-3,7,10-13H2. The summed E-state index contributed by atoms with van der Waals surface area (Å²) in [6, 6.07) is 6.54. The molecule has 0 radical (unpaired) electrons. The lowest BCUT2D eigenvalue weighted by Crippen LogP contribution is -2.35. The van der Waals surface area contributed by atoms with E-state index in [1.165, 1.54) is 24.5 Å². The van der Waals surface area contributed by atoms with Crippen LogP contribution in [0.3, 0.4) is 0 Å². The molecule has 1 amide bonds. The number of nitrogens with zero attached hydrogens (tertiary/aromatic N) is 2. The maximum atomic E-state index is 14.1. The number of hydrogen-bond donors (Lipinski definition) is 0. The van der Waals surface area contributed by atoms with Gasteiger partial charge in [0.05, 0.1) is 6.54 Å². The van der Waals surface area contributed by atoms with Crippen molar-refractivity contribution in [2.45, 2.75) is 45.1 Å². The van der Waals surface area contributed by atoms with E-state index in [0.29, 0.717) is 37.2 Å². The third kappa shape index (κ3) is 3.23. The fourth-order valence-electron chi connectivity index (χ4n) is 3.66. The number of aromatic nitrogens is 1. The van der Waals surface area contributed by atoms with Gasteiger partial charge in [0.1, 0.15) is 17.3 Å². The summed E-state index contributed by atoms with van der Waals surface area (Å²) in [7, 11) is 0. The van der Waals surface area contributed by atoms with Crippen LogP contribution in [0.4, 0.5) is 4.39 Å². The fraction of sp³-hybridized carbons (Fsp3) is 0.400. The lowest BCUT2D eigenvalue weighted by molar-refractivity contribution is -0.131. The summed E-state index contributed by atoms with van der Waals surface area (Å²) < 4.78 is 19.5. The zero-order valence-electron chi connectivity index (χ0n) is 14.1. The van der Waals surface area contributed by atoms with Crippen LogP contribution < -0.4 is 0 Å². The number of hydrogen-bond acceptors (Lipinski definition) is 3. The van der Waals surface area contributed by atoms with Crippen LogP contribution in [-0.2, 0) is 17.8 Å². The molecule has 0 atom stereocenters. The molecule has 130 valence electrons. The quantitative estimate of drug-likeness (QED) is 0.785. The second-order valence-electron chi connectivity index (χ2n) is 6.76. The molecule has 5 heteroatoms. The number of rotatable bonds is 3. The molecular weight excluding hydrogens is 319 g/mol. The van der Waals surface area contributed by atoms with Crippen LogP contribution in [0.25, 0.3) is 11.3 Å². The van der Waals surface area contributed by atoms with Crippen LogP contribution in [-0.4, -0.2) is 22.5 Å². The highest BCUT2D eigenvalue weighted by atomic mass is 19.1. The lowest BCUT2D eigenvalue weighted by atomic mass is 9.96. The van der Waals surface area contributed by atoms with Gasteiger partial charge < -0.3 is 9.42 Å². The zero-order chi connectivity index (χ0) is 17.2. The number of halogens is 1. The lowest BCUT2D eigenvalue weighted by Gasteiger charge is -2.27. The van der Waals surface area contributed by atoms with Crippen molar-refractivity contribution in [3.05, 3.63) is 53.1 Å². The van der Waals surface area contributed by atoms with E-state index in [4.69, 9.17) is 4.52 Å². The molecule has 4 nitrogen and oxygen atoms in total. The van der Waals surface area contributed by atoms with Crippen molar-refractivity contribution in [2.24, 2.45) is 0 Å². The Morgan fingerprint density at radius 1 is 1.24 bits per heavy atom. The van der Waals surface area contributed by atoms with Crippen molar-refractivity contribution in [2.75, 3.05) is 6.54 Å². The van der Waals surface area contributed by atoms with Crippen molar-refractivity contribution in [3.63, 3.8) is 0 Å². The summed E-state index contributed by atoms with van der Waals surface area (Å²) in [5, 5.41) is 4.07. The molecule has 0 saturated heterocycles. The number of fused-ring (bicyclic) bond motifs is 1. The van der Waals surface area contributed by atoms with E-state index < -0.39 is 0 Å². The van der Waals surface area contributed by atoms with Crippen molar-refractivity contribution in [1.29, 1.82) is 0 Å². The maximum Gasteiger partial charge on any atom is 0.226 e. The Bertz CT molecular complexity index is 825. The minimum atomic E-state index is -0.325. The molecule has 0 saturated carbocycles. The highest BCUT2D eigenvalue weighted by Gasteiger charge is 2.28. The van der Waals surface area contributed by atoms with E-state index in [2.05, 4.69) is 11.2 Å². The average molecular weight is 340 g/mol. The molecule has 0 bridgehead atoms. The Morgan fingerprint density at radius 2 is 2.12 bits per heavy atom. The highest BCUT2D eigenvalue weighted by molar-refractivity contribution is 5.79. The zero-order valence-corrected chi connectivity index (χ0v) is 14.1. The van der Waals surface area contributed by atoms with E-state index in [1.54, 1.807) is 18.2 Å². The molecule has 0 unspecified atom stereocenters. The Hall–Kier alpha value is -2.43. The molecule has 4 rings (SSSR count). The normalized spacial score (nSPS) is 17.2. The van der Waals surface area contributed by atoms with Crippen molar-refractivity contribution >= 4 is 5.91 Å². The summed E-state index contributed by atoms with van der Waals surface area (Å²) >= 11 is 0. The first-order valence-corrected chi connectivity index (χ1v) is 8.90. The van der Waals surface area contributed by atoms with Crippen molar-refractivity contribution < 1.29 is 13.7 Å². The molecule has 2 aliphatic rings. The van der Waals surface area contributed by atoms with Gasteiger partial charge in [-0.15, -0.1) is 0 Å². The number of amides is 1. The van der Waals surface area contributed by atoms with E-state index in [9.17, 15) is 9.18 Å². The summed E-state index contributed by atoms with van der Waals surface area (Å²) in [6.45, 7) is 1.07. The Kier molecular flexibility index (Phi) is 4.38. The summed E-state index contributed by atoms with van der Waals surface area (Å²) in [5.74, 6) is 0.577. The first kappa shape index (κ1) is 16.1. The van der Waals surface area contributed by atoms with Crippen LogP contribution in [0.1, 0.15) is 43.4 Å². The molecule has 1 aromatic carbocycles. The molecule has 0 spiro atoms. The Labute approximate surface area is 146 Å². The van der Waals surface area contributed by atoms with Gasteiger partial charge in [0, 0.05) is 30.5 Å². The second kappa shape index (κ2) is 6.82. The molecule has 1 aromatic heterocycles. The summed E-state index contributed by atoms with van der Waals surface area (Å²) in [4.78, 5) is 14.5. The topological polar surface area (TPSA) is 46.3 Å². The van der Waals surface area contributed by atoms with Gasteiger partial charge in [-0.05, 0) is 37.8 Å². The maximum absolute atomic E-state index is 14.1. The fourth-order valence-corrected chi connectivity index (χ4v) is 3.66. The molecule has 2 aromatic rings. The van der Waals surface area contributed by atoms with Gasteiger partial charge in [-0.1, -0.05) is 28.9 Å². The molecule has 2 heterocycles. The largest absolute Gasteiger partial charge is 0.360 e. The minimum absolute atomic E-state index is 0.138. The predicted molar refractivity (Wildman–Crippen MR) is 92.2 cm³/mol. The van der Waals surface area contributed by atoms with E-state index in [1.807, 2.05) is 4.90 Å². The van der Waals surface area contributed by atoms with Crippen LogP contribution in [0.5, 0.6) is 0 Å². The van der Waals surface area contributed by atoms with Gasteiger partial charge in [-0.25, -0.2) is 4.39 Å². The van der Waals surface area contributed by atoms with Crippen molar-refractivity contribution in [1.82, 2.24) is 10.1 Å². The first-order valence-electron chi connectivity index (χ1n) is 8.90. The SMILES string of the molecule is O=C(CC1=CCCCC1)N1CCc2onc(-c3ccccc3F)c2C1. The highest BCUT2D eigenvalue weighted by Crippen LogP contribution is 2.32. The van der Waals surface area contributed by atoms with E-state index in [0.717, 1.165) is 24.2 Å². The first-order chi connectivity index (χ1) is 12.2. The number of allylic oxidation sites excluding steroid dienone is 1. The van der Waals surface area contributed by atoms with Gasteiger partial charge in [-0.2, -0.15) is 0 Å². The van der Waals surface area contributed by atoms with Crippen molar-refractivity contribution in [3.8, 4) is 11.3 Å². The molecule has 0 N–H and O–H groups in total. The van der Waals surface area contributed by atoms with Crippen LogP contribution in [0.15, 0.2) is 40.4 Å². The van der Waals surface area contributed by atoms with Gasteiger partial charge in [0.25, 0.3) is 0 Å². The predicted octanol–water partition coefficient (Wildman–Crippen LogP) is 4.26. The number of carbonyl (C=O) groups excluding carboxylic acids is 1. The summed E-state index contributed by atoms with van der Waals surface area (Å²) in [6.07, 6.45) is 7.83. The molecule has 0 fully saturated rings. The third-order valence-electron chi connectivity index (χ3n) is 5.07. The average Bonchev–Trinajstić information content (AvgIpc) is 3.06. The third-order valence-corrected chi connectivity index (χ3v) is 5.07. The smallest absolute Gasteiger partial charge is 0.226 e. The molecular formula is C20H21FN2O2. The summed E-state index contributed by atoms with van der Waals surface area (Å²) in [5.41, 5.74) is 3.03. The van der Waals surface area contributed by atoms with E-state index >= 15 is 0 Å². The van der Waals surface area contributed by atoms with Gasteiger partial charge >= 0.3 is 0 Å². The Balaban J connectivity index is 1.54. The molecule has 1 aliphatic carbocycles. The molecule has 25 heavy (non-hydrogen) atoms. The van der Waals surface area contributed by atoms with Gasteiger partial charge in [-0.3, -0.25) is 4.79 Å².